The zero-order valence-corrected chi connectivity index (χ0v) is 12.5. The van der Waals surface area contributed by atoms with Crippen LogP contribution in [0.5, 0.6) is 5.75 Å². The van der Waals surface area contributed by atoms with Crippen molar-refractivity contribution in [1.82, 2.24) is 20.5 Å². The number of hydrogen-bond acceptors (Lipinski definition) is 4. The first kappa shape index (κ1) is 13.8. The number of rotatable bonds is 3. The van der Waals surface area contributed by atoms with Crippen molar-refractivity contribution in [3.63, 3.8) is 0 Å². The molecule has 2 aromatic rings. The quantitative estimate of drug-likeness (QED) is 0.631. The molecule has 1 heterocycles. The molecule has 0 radical (unpaired) electrons. The highest BCUT2D eigenvalue weighted by atomic mass is 79.9. The van der Waals surface area contributed by atoms with Crippen LogP contribution in [0.15, 0.2) is 25.9 Å². The Labute approximate surface area is 123 Å². The van der Waals surface area contributed by atoms with Crippen molar-refractivity contribution in [3.8, 4) is 5.75 Å². The molecule has 4 N–H and O–H groups in total. The summed E-state index contributed by atoms with van der Waals surface area (Å²) in [6, 6.07) is 2.98. The van der Waals surface area contributed by atoms with E-state index in [9.17, 15) is 14.7 Å². The van der Waals surface area contributed by atoms with E-state index in [2.05, 4.69) is 52.4 Å². The van der Waals surface area contributed by atoms with Crippen LogP contribution >= 0.6 is 31.9 Å². The van der Waals surface area contributed by atoms with Crippen LogP contribution in [-0.4, -0.2) is 26.2 Å². The number of amides is 1. The molecule has 1 aromatic carbocycles. The van der Waals surface area contributed by atoms with Crippen LogP contribution in [-0.2, 0) is 6.54 Å². The Hall–Kier alpha value is -1.61. The van der Waals surface area contributed by atoms with Gasteiger partial charge in [-0.2, -0.15) is 5.10 Å². The zero-order valence-electron chi connectivity index (χ0n) is 9.33. The van der Waals surface area contributed by atoms with Crippen molar-refractivity contribution < 1.29 is 9.90 Å². The van der Waals surface area contributed by atoms with Gasteiger partial charge in [-0.3, -0.25) is 9.78 Å². The van der Waals surface area contributed by atoms with E-state index >= 15 is 0 Å². The van der Waals surface area contributed by atoms with E-state index in [-0.39, 0.29) is 18.2 Å². The molecule has 0 atom stereocenters. The fourth-order valence-electron chi connectivity index (χ4n) is 1.35. The van der Waals surface area contributed by atoms with Gasteiger partial charge in [-0.15, -0.1) is 0 Å². The van der Waals surface area contributed by atoms with E-state index in [1.165, 1.54) is 12.1 Å². The van der Waals surface area contributed by atoms with E-state index in [1.807, 2.05) is 0 Å². The number of aromatic nitrogens is 3. The van der Waals surface area contributed by atoms with E-state index in [1.54, 1.807) is 0 Å². The minimum Gasteiger partial charge on any atom is -0.506 e. The van der Waals surface area contributed by atoms with Crippen molar-refractivity contribution in [2.75, 3.05) is 0 Å². The lowest BCUT2D eigenvalue weighted by molar-refractivity contribution is 0.0950. The average Bonchev–Trinajstić information content (AvgIpc) is 2.78. The molecule has 0 aliphatic heterocycles. The highest BCUT2D eigenvalue weighted by molar-refractivity contribution is 9.11. The fraction of sp³-hybridized carbons (Fsp3) is 0.100. The number of carbonyl (C=O) groups excluding carboxylic acids is 1. The number of H-pyrrole nitrogens is 2. The highest BCUT2D eigenvalue weighted by Gasteiger charge is 2.12. The van der Waals surface area contributed by atoms with Crippen LogP contribution in [0.3, 0.4) is 0 Å². The molecule has 1 aromatic heterocycles. The molecule has 7 nitrogen and oxygen atoms in total. The Bertz CT molecular complexity index is 656. The largest absolute Gasteiger partial charge is 0.506 e. The van der Waals surface area contributed by atoms with Crippen LogP contribution < -0.4 is 11.0 Å². The van der Waals surface area contributed by atoms with Crippen molar-refractivity contribution in [2.45, 2.75) is 6.54 Å². The third kappa shape index (κ3) is 3.24. The van der Waals surface area contributed by atoms with Crippen molar-refractivity contribution in [3.05, 3.63) is 43.0 Å². The Morgan fingerprint density at radius 2 is 2.00 bits per heavy atom. The number of carbonyl (C=O) groups is 1. The van der Waals surface area contributed by atoms with Gasteiger partial charge >= 0.3 is 5.69 Å². The van der Waals surface area contributed by atoms with Crippen LogP contribution in [0.25, 0.3) is 0 Å². The topological polar surface area (TPSA) is 111 Å². The first-order valence-electron chi connectivity index (χ1n) is 5.07. The Morgan fingerprint density at radius 3 is 2.53 bits per heavy atom. The SMILES string of the molecule is O=C(NCc1n[nH]c(=O)[nH]1)c1cc(Br)c(O)c(Br)c1. The Kier molecular flexibility index (Phi) is 4.05. The molecule has 0 saturated carbocycles. The summed E-state index contributed by atoms with van der Waals surface area (Å²) in [5.74, 6) is -0.00584. The van der Waals surface area contributed by atoms with Gasteiger partial charge in [-0.25, -0.2) is 9.89 Å². The van der Waals surface area contributed by atoms with Gasteiger partial charge in [0.05, 0.1) is 15.5 Å². The molecule has 0 aliphatic rings. The number of benzene rings is 1. The molecule has 19 heavy (non-hydrogen) atoms. The third-order valence-corrected chi connectivity index (χ3v) is 3.45. The molecular weight excluding hydrogens is 384 g/mol. The fourth-order valence-corrected chi connectivity index (χ4v) is 2.54. The molecule has 2 rings (SSSR count). The zero-order chi connectivity index (χ0) is 14.0. The monoisotopic (exact) mass is 390 g/mol. The normalized spacial score (nSPS) is 10.4. The van der Waals surface area contributed by atoms with E-state index in [0.717, 1.165) is 0 Å². The average molecular weight is 392 g/mol. The molecule has 0 saturated heterocycles. The van der Waals surface area contributed by atoms with Gasteiger partial charge in [-0.1, -0.05) is 0 Å². The van der Waals surface area contributed by atoms with Gasteiger partial charge in [0, 0.05) is 5.56 Å². The predicted molar refractivity (Wildman–Crippen MR) is 73.9 cm³/mol. The first-order chi connectivity index (χ1) is 8.97. The van der Waals surface area contributed by atoms with Crippen molar-refractivity contribution in [1.29, 1.82) is 0 Å². The van der Waals surface area contributed by atoms with E-state index in [4.69, 9.17) is 0 Å². The molecule has 0 bridgehead atoms. The minimum absolute atomic E-state index is 0.0215. The summed E-state index contributed by atoms with van der Waals surface area (Å²) in [5.41, 5.74) is -0.0752. The summed E-state index contributed by atoms with van der Waals surface area (Å²) >= 11 is 6.28. The maximum Gasteiger partial charge on any atom is 0.340 e. The number of aromatic amines is 2. The lowest BCUT2D eigenvalue weighted by atomic mass is 10.2. The standard InChI is InChI=1S/C10H8Br2N4O3/c11-5-1-4(2-6(12)8(5)17)9(18)13-3-7-14-10(19)16-15-7/h1-2,17H,3H2,(H,13,18)(H2,14,15,16,19). The van der Waals surface area contributed by atoms with Crippen molar-refractivity contribution in [2.24, 2.45) is 0 Å². The summed E-state index contributed by atoms with van der Waals surface area (Å²) in [6.07, 6.45) is 0. The second kappa shape index (κ2) is 5.57. The Morgan fingerprint density at radius 1 is 1.37 bits per heavy atom. The second-order valence-electron chi connectivity index (χ2n) is 3.60. The number of hydrogen-bond donors (Lipinski definition) is 4. The molecule has 0 spiro atoms. The van der Waals surface area contributed by atoms with E-state index < -0.39 is 5.69 Å². The summed E-state index contributed by atoms with van der Waals surface area (Å²) in [7, 11) is 0. The molecule has 100 valence electrons. The summed E-state index contributed by atoms with van der Waals surface area (Å²) in [6.45, 7) is 0.0910. The number of phenolic OH excluding ortho intramolecular Hbond substituents is 1. The van der Waals surface area contributed by atoms with Gasteiger partial charge in [0.2, 0.25) is 0 Å². The molecular formula is C10H8Br2N4O3. The molecule has 0 fully saturated rings. The van der Waals surface area contributed by atoms with E-state index in [0.29, 0.717) is 20.3 Å². The van der Waals surface area contributed by atoms with Gasteiger partial charge in [0.25, 0.3) is 5.91 Å². The van der Waals surface area contributed by atoms with Crippen molar-refractivity contribution >= 4 is 37.8 Å². The van der Waals surface area contributed by atoms with Crippen LogP contribution in [0.1, 0.15) is 16.2 Å². The number of phenols is 1. The van der Waals surface area contributed by atoms with Crippen LogP contribution in [0, 0.1) is 0 Å². The maximum absolute atomic E-state index is 11.9. The molecule has 1 amide bonds. The summed E-state index contributed by atoms with van der Waals surface area (Å²) < 4.78 is 0.806. The maximum atomic E-state index is 11.9. The molecule has 0 aliphatic carbocycles. The summed E-state index contributed by atoms with van der Waals surface area (Å²) in [5, 5.41) is 18.0. The summed E-state index contributed by atoms with van der Waals surface area (Å²) in [4.78, 5) is 25.1. The Balaban J connectivity index is 2.10. The highest BCUT2D eigenvalue weighted by Crippen LogP contribution is 2.33. The first-order valence-corrected chi connectivity index (χ1v) is 6.65. The minimum atomic E-state index is -0.431. The second-order valence-corrected chi connectivity index (χ2v) is 5.30. The van der Waals surface area contributed by atoms with Crippen LogP contribution in [0.4, 0.5) is 0 Å². The number of nitrogens with one attached hydrogen (secondary N) is 3. The van der Waals surface area contributed by atoms with Gasteiger partial charge in [0.1, 0.15) is 11.6 Å². The predicted octanol–water partition coefficient (Wildman–Crippen LogP) is 1.26. The van der Waals surface area contributed by atoms with Gasteiger partial charge in [-0.05, 0) is 44.0 Å². The molecule has 9 heteroatoms. The number of aromatic hydroxyl groups is 1. The smallest absolute Gasteiger partial charge is 0.340 e. The lowest BCUT2D eigenvalue weighted by Gasteiger charge is -2.06. The third-order valence-electron chi connectivity index (χ3n) is 2.25. The van der Waals surface area contributed by atoms with Crippen LogP contribution in [0.2, 0.25) is 0 Å². The number of halogens is 2. The molecule has 0 unspecified atom stereocenters. The van der Waals surface area contributed by atoms with Gasteiger partial charge < -0.3 is 10.4 Å². The number of nitrogens with zero attached hydrogens (tertiary/aromatic N) is 1. The van der Waals surface area contributed by atoms with Gasteiger partial charge in [0.15, 0.2) is 0 Å². The lowest BCUT2D eigenvalue weighted by Crippen LogP contribution is -2.23.